The number of fused-ring (bicyclic) bond motifs is 2. The monoisotopic (exact) mass is 564 g/mol. The van der Waals surface area contributed by atoms with Crippen molar-refractivity contribution in [3.8, 4) is 17.2 Å². The molecule has 0 spiro atoms. The number of carbonyl (C=O) groups excluding carboxylic acids is 1. The number of ether oxygens (including phenoxy) is 1. The fourth-order valence-corrected chi connectivity index (χ4v) is 4.93. The molecule has 6 rings (SSSR count). The molecule has 0 radical (unpaired) electrons. The van der Waals surface area contributed by atoms with Crippen molar-refractivity contribution in [1.29, 1.82) is 0 Å². The summed E-state index contributed by atoms with van der Waals surface area (Å²) in [6.07, 6.45) is 0.399. The van der Waals surface area contributed by atoms with Gasteiger partial charge in [-0.1, -0.05) is 72.8 Å². The summed E-state index contributed by atoms with van der Waals surface area (Å²) < 4.78 is 12.0. The molecule has 6 aromatic rings. The van der Waals surface area contributed by atoms with Gasteiger partial charge >= 0.3 is 29.6 Å². The first-order chi connectivity index (χ1) is 20.1. The Kier molecular flexibility index (Phi) is 9.59. The van der Waals surface area contributed by atoms with Crippen LogP contribution < -0.4 is 44.3 Å². The molecule has 0 amide bonds. The zero-order valence-corrected chi connectivity index (χ0v) is 25.5. The smallest absolute Gasteiger partial charge is 0.550 e. The van der Waals surface area contributed by atoms with E-state index in [4.69, 9.17) is 14.1 Å². The molecule has 0 aliphatic carbocycles. The number of hydrogen-bond acceptors (Lipinski definition) is 6. The Bertz CT molecular complexity index is 1750. The van der Waals surface area contributed by atoms with E-state index in [9.17, 15) is 9.90 Å². The van der Waals surface area contributed by atoms with Crippen LogP contribution in [0.25, 0.3) is 33.3 Å². The second kappa shape index (κ2) is 13.7. The molecular weight excluding hydrogens is 535 g/mol. The van der Waals surface area contributed by atoms with Gasteiger partial charge in [0.05, 0.1) is 6.61 Å². The van der Waals surface area contributed by atoms with Gasteiger partial charge in [0, 0.05) is 36.4 Å². The third kappa shape index (κ3) is 7.21. The van der Waals surface area contributed by atoms with Crippen molar-refractivity contribution in [2.24, 2.45) is 0 Å². The van der Waals surface area contributed by atoms with E-state index in [1.54, 1.807) is 0 Å². The number of aromatic nitrogens is 1. The predicted octanol–water partition coefficient (Wildman–Crippen LogP) is 3.77. The van der Waals surface area contributed by atoms with Crippen LogP contribution in [0.2, 0.25) is 0 Å². The number of carbonyl (C=O) groups is 1. The van der Waals surface area contributed by atoms with Gasteiger partial charge in [-0.3, -0.25) is 0 Å². The summed E-state index contributed by atoms with van der Waals surface area (Å²) in [5.74, 6) is 0.208. The van der Waals surface area contributed by atoms with Gasteiger partial charge in [-0.2, -0.15) is 0 Å². The van der Waals surface area contributed by atoms with Crippen molar-refractivity contribution in [3.05, 3.63) is 126 Å². The molecule has 0 N–H and O–H groups in total. The number of rotatable bonds is 11. The number of aliphatic carboxylic acids is 1. The third-order valence-corrected chi connectivity index (χ3v) is 7.02. The molecule has 0 bridgehead atoms. The van der Waals surface area contributed by atoms with Crippen LogP contribution in [0.15, 0.2) is 120 Å². The van der Waals surface area contributed by atoms with Crippen LogP contribution in [0.5, 0.6) is 5.75 Å². The van der Waals surface area contributed by atoms with E-state index in [-0.39, 0.29) is 36.0 Å². The van der Waals surface area contributed by atoms with Crippen molar-refractivity contribution < 1.29 is 48.6 Å². The maximum Gasteiger partial charge on any atom is 1.00 e. The minimum Gasteiger partial charge on any atom is -0.550 e. The minimum absolute atomic E-state index is 0. The number of anilines is 1. The van der Waals surface area contributed by atoms with Gasteiger partial charge in [-0.15, -0.1) is 0 Å². The zero-order chi connectivity index (χ0) is 28.0. The molecule has 0 saturated heterocycles. The van der Waals surface area contributed by atoms with Gasteiger partial charge in [-0.25, -0.2) is 4.98 Å². The molecular formula is C35H29N2NaO4. The average molecular weight is 565 g/mol. The van der Waals surface area contributed by atoms with Crippen molar-refractivity contribution in [2.75, 3.05) is 11.5 Å². The van der Waals surface area contributed by atoms with Crippen LogP contribution in [-0.2, 0) is 17.9 Å². The Morgan fingerprint density at radius 2 is 1.45 bits per heavy atom. The van der Waals surface area contributed by atoms with E-state index in [1.807, 2.05) is 48.5 Å². The number of hydrogen-bond donors (Lipinski definition) is 0. The summed E-state index contributed by atoms with van der Waals surface area (Å²) in [6.45, 7) is 1.88. The second-order valence-electron chi connectivity index (χ2n) is 10.0. The quantitative estimate of drug-likeness (QED) is 0.176. The summed E-state index contributed by atoms with van der Waals surface area (Å²) >= 11 is 0. The Morgan fingerprint density at radius 3 is 2.14 bits per heavy atom. The van der Waals surface area contributed by atoms with Gasteiger partial charge in [0.2, 0.25) is 5.89 Å². The molecule has 7 heteroatoms. The van der Waals surface area contributed by atoms with Gasteiger partial charge < -0.3 is 24.0 Å². The molecule has 1 aromatic heterocycles. The number of oxazole rings is 1. The first kappa shape index (κ1) is 29.4. The van der Waals surface area contributed by atoms with Crippen LogP contribution >= 0.6 is 0 Å². The van der Waals surface area contributed by atoms with Gasteiger partial charge in [0.15, 0.2) is 5.58 Å². The Morgan fingerprint density at radius 1 is 0.786 bits per heavy atom. The molecule has 204 valence electrons. The fraction of sp³-hybridized carbons (Fsp3) is 0.143. The summed E-state index contributed by atoms with van der Waals surface area (Å²) in [6, 6.07) is 39.0. The van der Waals surface area contributed by atoms with E-state index in [2.05, 4.69) is 71.6 Å². The maximum atomic E-state index is 10.6. The molecule has 1 heterocycles. The number of benzene rings is 5. The second-order valence-corrected chi connectivity index (χ2v) is 10.0. The van der Waals surface area contributed by atoms with Gasteiger partial charge in [-0.05, 0) is 71.1 Å². The maximum absolute atomic E-state index is 10.6. The van der Waals surface area contributed by atoms with Crippen molar-refractivity contribution in [3.63, 3.8) is 0 Å². The summed E-state index contributed by atoms with van der Waals surface area (Å²) in [5, 5.41) is 12.6. The largest absolute Gasteiger partial charge is 1.00 e. The Balaban J connectivity index is 0.00000353. The topological polar surface area (TPSA) is 78.6 Å². The van der Waals surface area contributed by atoms with E-state index in [1.165, 1.54) is 11.1 Å². The van der Waals surface area contributed by atoms with Crippen LogP contribution in [-0.4, -0.2) is 17.6 Å². The molecule has 6 nitrogen and oxygen atoms in total. The molecule has 5 aromatic carbocycles. The number of carboxylic acid groups (broad SMARTS) is 1. The standard InChI is InChI=1S/C35H30N2O4.Na/c38-34(39)12-7-19-40-31-17-15-27-20-29(14-13-28(27)21-31)35-36-32-18-16-30(22-33(32)41-35)37(23-25-8-3-1-4-9-25)24-26-10-5-2-6-11-26;/h1-6,8-11,13-18,20-22H,7,12,19,23-24H2,(H,38,39);/q;+1/p-1. The zero-order valence-electron chi connectivity index (χ0n) is 23.5. The molecule has 42 heavy (non-hydrogen) atoms. The van der Waals surface area contributed by atoms with E-state index in [0.29, 0.717) is 24.7 Å². The Labute approximate surface area is 266 Å². The normalized spacial score (nSPS) is 10.9. The summed E-state index contributed by atoms with van der Waals surface area (Å²) in [4.78, 5) is 17.7. The van der Waals surface area contributed by atoms with Crippen molar-refractivity contribution >= 4 is 33.5 Å². The molecule has 0 atom stereocenters. The van der Waals surface area contributed by atoms with Crippen LogP contribution in [0.1, 0.15) is 24.0 Å². The average Bonchev–Trinajstić information content (AvgIpc) is 3.43. The van der Waals surface area contributed by atoms with E-state index in [0.717, 1.165) is 46.2 Å². The van der Waals surface area contributed by atoms with Crippen molar-refractivity contribution in [1.82, 2.24) is 4.98 Å². The third-order valence-electron chi connectivity index (χ3n) is 7.02. The first-order valence-corrected chi connectivity index (χ1v) is 13.7. The Hall–Kier alpha value is -4.10. The molecule has 0 fully saturated rings. The SMILES string of the molecule is O=C([O-])CCCOc1ccc2cc(-c3nc4ccc(N(Cc5ccccc5)Cc5ccccc5)cc4o3)ccc2c1.[Na+]. The number of nitrogens with zero attached hydrogens (tertiary/aromatic N) is 2. The number of carboxylic acids is 1. The summed E-state index contributed by atoms with van der Waals surface area (Å²) in [7, 11) is 0. The van der Waals surface area contributed by atoms with Crippen molar-refractivity contribution in [2.45, 2.75) is 25.9 Å². The first-order valence-electron chi connectivity index (χ1n) is 13.7. The molecule has 0 aliphatic rings. The predicted molar refractivity (Wildman–Crippen MR) is 159 cm³/mol. The molecule has 0 unspecified atom stereocenters. The van der Waals surface area contributed by atoms with Gasteiger partial charge in [0.1, 0.15) is 11.3 Å². The van der Waals surface area contributed by atoms with Gasteiger partial charge in [0.25, 0.3) is 0 Å². The molecule has 0 saturated carbocycles. The fourth-order valence-electron chi connectivity index (χ4n) is 4.93. The summed E-state index contributed by atoms with van der Waals surface area (Å²) in [5.41, 5.74) is 5.99. The van der Waals surface area contributed by atoms with E-state index >= 15 is 0 Å². The molecule has 0 aliphatic heterocycles. The van der Waals surface area contributed by atoms with Crippen LogP contribution in [0.3, 0.4) is 0 Å². The van der Waals surface area contributed by atoms with Crippen LogP contribution in [0.4, 0.5) is 5.69 Å². The minimum atomic E-state index is -1.06. The van der Waals surface area contributed by atoms with Crippen LogP contribution in [0, 0.1) is 0 Å². The van der Waals surface area contributed by atoms with E-state index < -0.39 is 5.97 Å².